The lowest BCUT2D eigenvalue weighted by Crippen LogP contribution is -2.68. The molecule has 174 valence electrons. The molecule has 33 heavy (non-hydrogen) atoms. The largest absolute Gasteiger partial charge is 0.402 e. The van der Waals surface area contributed by atoms with Crippen molar-refractivity contribution in [3.05, 3.63) is 90.5 Å². The quantitative estimate of drug-likeness (QED) is 0.370. The lowest BCUT2D eigenvalue weighted by Gasteiger charge is -2.44. The van der Waals surface area contributed by atoms with Gasteiger partial charge in [0.1, 0.15) is 6.10 Å². The van der Waals surface area contributed by atoms with E-state index in [1.54, 1.807) is 12.1 Å². The Morgan fingerprint density at radius 3 is 1.79 bits per heavy atom. The smallest absolute Gasteiger partial charge is 0.261 e. The molecule has 1 heterocycles. The third-order valence-electron chi connectivity index (χ3n) is 6.38. The van der Waals surface area contributed by atoms with Crippen LogP contribution in [0.3, 0.4) is 0 Å². The maximum Gasteiger partial charge on any atom is 0.261 e. The van der Waals surface area contributed by atoms with Crippen LogP contribution in [-0.2, 0) is 19.0 Å². The van der Waals surface area contributed by atoms with Crippen molar-refractivity contribution in [1.82, 2.24) is 0 Å². The molecule has 0 N–H and O–H groups in total. The molecule has 0 radical (unpaired) electrons. The Morgan fingerprint density at radius 1 is 0.848 bits per heavy atom. The van der Waals surface area contributed by atoms with Gasteiger partial charge in [0.15, 0.2) is 5.44 Å². The van der Waals surface area contributed by atoms with Crippen molar-refractivity contribution < 1.29 is 17.6 Å². The summed E-state index contributed by atoms with van der Waals surface area (Å²) in [6.07, 6.45) is -0.889. The second-order valence-electron chi connectivity index (χ2n) is 9.81. The van der Waals surface area contributed by atoms with Gasteiger partial charge in [-0.15, -0.1) is 0 Å². The minimum atomic E-state index is -3.58. The molecule has 4 rings (SSSR count). The van der Waals surface area contributed by atoms with Crippen molar-refractivity contribution in [2.45, 2.75) is 62.2 Å². The van der Waals surface area contributed by atoms with Crippen LogP contribution in [-0.4, -0.2) is 34.4 Å². The lowest BCUT2D eigenvalue weighted by atomic mass is 10.2. The fraction of sp³-hybridized carbons (Fsp3) is 0.333. The number of epoxide rings is 1. The van der Waals surface area contributed by atoms with Gasteiger partial charge in [0, 0.05) is 0 Å². The molecule has 0 aliphatic carbocycles. The van der Waals surface area contributed by atoms with Gasteiger partial charge >= 0.3 is 0 Å². The highest BCUT2D eigenvalue weighted by molar-refractivity contribution is 7.92. The highest BCUT2D eigenvalue weighted by Gasteiger charge is 2.57. The highest BCUT2D eigenvalue weighted by atomic mass is 32.2. The Balaban J connectivity index is 1.69. The van der Waals surface area contributed by atoms with Crippen molar-refractivity contribution in [3.8, 4) is 0 Å². The minimum Gasteiger partial charge on any atom is -0.402 e. The number of ether oxygens (including phenoxy) is 1. The molecule has 0 spiro atoms. The summed E-state index contributed by atoms with van der Waals surface area (Å²) in [7, 11) is -6.37. The zero-order valence-electron chi connectivity index (χ0n) is 19.9. The maximum atomic E-state index is 13.2. The molecule has 1 aliphatic rings. The summed E-state index contributed by atoms with van der Waals surface area (Å²) < 4.78 is 39.1. The third-order valence-corrected chi connectivity index (χ3v) is 13.4. The fourth-order valence-corrected chi connectivity index (χ4v) is 10.9. The number of rotatable bonds is 7. The summed E-state index contributed by atoms with van der Waals surface area (Å²) in [5, 5.41) is 2.13. The van der Waals surface area contributed by atoms with Crippen molar-refractivity contribution in [2.24, 2.45) is 0 Å². The van der Waals surface area contributed by atoms with Gasteiger partial charge in [-0.25, -0.2) is 8.42 Å². The molecule has 1 aliphatic heterocycles. The first-order valence-electron chi connectivity index (χ1n) is 11.3. The van der Waals surface area contributed by atoms with Crippen LogP contribution < -0.4 is 10.4 Å². The predicted octanol–water partition coefficient (Wildman–Crippen LogP) is 4.46. The fourth-order valence-electron chi connectivity index (χ4n) is 4.59. The van der Waals surface area contributed by atoms with Gasteiger partial charge in [-0.3, -0.25) is 0 Å². The normalized spacial score (nSPS) is 19.8. The summed E-state index contributed by atoms with van der Waals surface area (Å²) in [6.45, 7) is 10.5. The maximum absolute atomic E-state index is 13.2. The van der Waals surface area contributed by atoms with Crippen LogP contribution in [0.1, 0.15) is 33.3 Å². The van der Waals surface area contributed by atoms with Gasteiger partial charge in [0.2, 0.25) is 9.84 Å². The molecular formula is C27H32O4SSi. The van der Waals surface area contributed by atoms with E-state index in [0.29, 0.717) is 4.90 Å². The Morgan fingerprint density at radius 2 is 1.33 bits per heavy atom. The van der Waals surface area contributed by atoms with Crippen LogP contribution in [0.5, 0.6) is 0 Å². The third kappa shape index (κ3) is 4.45. The molecule has 6 heteroatoms. The Bertz CT molecular complexity index is 1150. The standard InChI is InChI=1S/C27H32O4SSi/c1-20-16-18-22(19-17-20)32(28,29)26-25(30-26)21(2)31-33(27(3,4)5,23-12-8-6-9-13-23)24-14-10-7-11-15-24/h6-19,21,25-26H,1-5H3/t21-,25-,26+/m0/s1. The van der Waals surface area contributed by atoms with Crippen LogP contribution in [0.25, 0.3) is 0 Å². The Labute approximate surface area is 198 Å². The highest BCUT2D eigenvalue weighted by Crippen LogP contribution is 2.41. The average Bonchev–Trinajstić information content (AvgIpc) is 3.60. The molecule has 3 aromatic carbocycles. The molecule has 0 amide bonds. The first kappa shape index (κ1) is 23.9. The molecule has 3 aromatic rings. The SMILES string of the molecule is Cc1ccc(S(=O)(=O)[C@H]2O[C@H]2[C@H](C)O[Si](c2ccccc2)(c2ccccc2)C(C)(C)C)cc1. The summed E-state index contributed by atoms with van der Waals surface area (Å²) >= 11 is 0. The average molecular weight is 481 g/mol. The van der Waals surface area contributed by atoms with E-state index in [9.17, 15) is 8.42 Å². The summed E-state index contributed by atoms with van der Waals surface area (Å²) in [5.74, 6) is 0. The Kier molecular flexibility index (Phi) is 6.40. The molecule has 3 atom stereocenters. The van der Waals surface area contributed by atoms with Gasteiger partial charge in [-0.2, -0.15) is 0 Å². The molecule has 1 saturated heterocycles. The van der Waals surface area contributed by atoms with E-state index in [1.807, 2.05) is 62.4 Å². The van der Waals surface area contributed by atoms with Crippen LogP contribution in [0.4, 0.5) is 0 Å². The predicted molar refractivity (Wildman–Crippen MR) is 135 cm³/mol. The van der Waals surface area contributed by atoms with Gasteiger partial charge in [-0.05, 0) is 41.4 Å². The molecule has 0 saturated carbocycles. The number of aryl methyl sites for hydroxylation is 1. The summed E-state index contributed by atoms with van der Waals surface area (Å²) in [5.41, 5.74) is 0.138. The van der Waals surface area contributed by atoms with E-state index in [2.05, 4.69) is 45.0 Å². The first-order chi connectivity index (χ1) is 15.6. The Hall–Kier alpha value is -2.25. The second-order valence-corrected chi connectivity index (χ2v) is 16.1. The van der Waals surface area contributed by atoms with Crippen molar-refractivity contribution in [2.75, 3.05) is 0 Å². The molecule has 1 fully saturated rings. The van der Waals surface area contributed by atoms with E-state index in [0.717, 1.165) is 15.9 Å². The molecular weight excluding hydrogens is 448 g/mol. The summed E-state index contributed by atoms with van der Waals surface area (Å²) in [4.78, 5) is 0.290. The van der Waals surface area contributed by atoms with E-state index in [1.165, 1.54) is 0 Å². The van der Waals surface area contributed by atoms with Gasteiger partial charge in [0.05, 0.1) is 11.0 Å². The number of sulfone groups is 1. The van der Waals surface area contributed by atoms with E-state index >= 15 is 0 Å². The molecule has 0 aromatic heterocycles. The number of hydrogen-bond acceptors (Lipinski definition) is 4. The topological polar surface area (TPSA) is 55.9 Å². The van der Waals surface area contributed by atoms with Crippen molar-refractivity contribution in [3.63, 3.8) is 0 Å². The van der Waals surface area contributed by atoms with Crippen LogP contribution in [0.15, 0.2) is 89.8 Å². The monoisotopic (exact) mass is 480 g/mol. The van der Waals surface area contributed by atoms with Crippen molar-refractivity contribution in [1.29, 1.82) is 0 Å². The van der Waals surface area contributed by atoms with E-state index in [4.69, 9.17) is 9.16 Å². The molecule has 4 nitrogen and oxygen atoms in total. The zero-order chi connectivity index (χ0) is 23.9. The van der Waals surface area contributed by atoms with E-state index in [-0.39, 0.29) is 11.1 Å². The van der Waals surface area contributed by atoms with Gasteiger partial charge in [-0.1, -0.05) is 99.1 Å². The van der Waals surface area contributed by atoms with Gasteiger partial charge in [0.25, 0.3) is 8.32 Å². The zero-order valence-corrected chi connectivity index (χ0v) is 21.7. The first-order valence-corrected chi connectivity index (χ1v) is 14.8. The summed E-state index contributed by atoms with van der Waals surface area (Å²) in [6, 6.07) is 27.6. The molecule has 0 unspecified atom stereocenters. The molecule has 0 bridgehead atoms. The van der Waals surface area contributed by atoms with Gasteiger partial charge < -0.3 is 9.16 Å². The van der Waals surface area contributed by atoms with Crippen LogP contribution in [0.2, 0.25) is 5.04 Å². The lowest BCUT2D eigenvalue weighted by molar-refractivity contribution is 0.164. The van der Waals surface area contributed by atoms with Crippen molar-refractivity contribution >= 4 is 28.5 Å². The van der Waals surface area contributed by atoms with Crippen LogP contribution in [0, 0.1) is 6.92 Å². The van der Waals surface area contributed by atoms with E-state index < -0.39 is 29.7 Å². The number of benzene rings is 3. The van der Waals surface area contributed by atoms with Crippen LogP contribution >= 0.6 is 0 Å². The minimum absolute atomic E-state index is 0.190. The second kappa shape index (κ2) is 8.84. The number of hydrogen-bond donors (Lipinski definition) is 0.